The second-order valence-electron chi connectivity index (χ2n) is 4.84. The van der Waals surface area contributed by atoms with Gasteiger partial charge in [-0.3, -0.25) is 0 Å². The summed E-state index contributed by atoms with van der Waals surface area (Å²) in [5.41, 5.74) is 0.959. The second kappa shape index (κ2) is 6.68. The molecule has 1 saturated heterocycles. The van der Waals surface area contributed by atoms with E-state index in [-0.39, 0.29) is 5.37 Å². The van der Waals surface area contributed by atoms with Gasteiger partial charge in [-0.15, -0.1) is 11.8 Å². The average molecular weight is 466 g/mol. The van der Waals surface area contributed by atoms with Gasteiger partial charge in [-0.2, -0.15) is 4.31 Å². The molecule has 1 aliphatic rings. The summed E-state index contributed by atoms with van der Waals surface area (Å²) in [5.74, 6) is 0.789. The van der Waals surface area contributed by atoms with Crippen molar-refractivity contribution in [2.45, 2.75) is 10.3 Å². The summed E-state index contributed by atoms with van der Waals surface area (Å²) in [4.78, 5) is 0.342. The topological polar surface area (TPSA) is 37.4 Å². The van der Waals surface area contributed by atoms with Gasteiger partial charge in [-0.25, -0.2) is 8.42 Å². The summed E-state index contributed by atoms with van der Waals surface area (Å²) in [6.45, 7) is 0.520. The zero-order chi connectivity index (χ0) is 15.7. The normalized spacial score (nSPS) is 19.5. The first-order valence-corrected chi connectivity index (χ1v) is 10.6. The van der Waals surface area contributed by atoms with Crippen molar-refractivity contribution in [3.63, 3.8) is 0 Å². The van der Waals surface area contributed by atoms with Crippen LogP contribution in [-0.4, -0.2) is 25.0 Å². The molecule has 22 heavy (non-hydrogen) atoms. The second-order valence-corrected chi connectivity index (χ2v) is 9.61. The summed E-state index contributed by atoms with van der Waals surface area (Å²) >= 11 is 9.72. The number of rotatable bonds is 3. The van der Waals surface area contributed by atoms with Crippen LogP contribution >= 0.6 is 46.0 Å². The maximum absolute atomic E-state index is 12.9. The van der Waals surface area contributed by atoms with Crippen LogP contribution in [0.15, 0.2) is 53.4 Å². The van der Waals surface area contributed by atoms with Crippen LogP contribution in [0, 0.1) is 3.57 Å². The lowest BCUT2D eigenvalue weighted by Crippen LogP contribution is -2.30. The molecular formula is C15H13ClINO2S2. The van der Waals surface area contributed by atoms with Crippen molar-refractivity contribution in [2.24, 2.45) is 0 Å². The van der Waals surface area contributed by atoms with Crippen LogP contribution in [0.4, 0.5) is 0 Å². The molecule has 2 aromatic rings. The van der Waals surface area contributed by atoms with E-state index in [1.807, 2.05) is 24.3 Å². The predicted molar refractivity (Wildman–Crippen MR) is 99.7 cm³/mol. The molecule has 7 heteroatoms. The molecule has 0 bridgehead atoms. The summed E-state index contributed by atoms with van der Waals surface area (Å²) < 4.78 is 28.3. The summed E-state index contributed by atoms with van der Waals surface area (Å²) in [7, 11) is -3.49. The van der Waals surface area contributed by atoms with Crippen molar-refractivity contribution < 1.29 is 8.42 Å². The summed E-state index contributed by atoms with van der Waals surface area (Å²) in [6.07, 6.45) is 0. The van der Waals surface area contributed by atoms with Gasteiger partial charge in [0.15, 0.2) is 0 Å². The number of sulfonamides is 1. The molecule has 0 spiro atoms. The summed E-state index contributed by atoms with van der Waals surface area (Å²) in [5, 5.41) is 0.459. The molecule has 3 nitrogen and oxygen atoms in total. The van der Waals surface area contributed by atoms with E-state index in [0.717, 1.165) is 14.9 Å². The van der Waals surface area contributed by atoms with E-state index in [4.69, 9.17) is 11.6 Å². The highest BCUT2D eigenvalue weighted by atomic mass is 127. The fraction of sp³-hybridized carbons (Fsp3) is 0.200. The molecule has 3 rings (SSSR count). The lowest BCUT2D eigenvalue weighted by molar-refractivity contribution is 0.434. The van der Waals surface area contributed by atoms with Gasteiger partial charge in [0.2, 0.25) is 10.0 Å². The molecule has 1 heterocycles. The molecule has 1 fully saturated rings. The van der Waals surface area contributed by atoms with Gasteiger partial charge in [0.1, 0.15) is 0 Å². The Morgan fingerprint density at radius 1 is 1.09 bits per heavy atom. The molecule has 1 unspecified atom stereocenters. The Bertz CT molecular complexity index is 763. The Morgan fingerprint density at radius 2 is 1.73 bits per heavy atom. The quantitative estimate of drug-likeness (QED) is 0.631. The molecule has 0 aliphatic carbocycles. The minimum atomic E-state index is -3.49. The monoisotopic (exact) mass is 465 g/mol. The van der Waals surface area contributed by atoms with E-state index in [2.05, 4.69) is 22.6 Å². The first-order valence-electron chi connectivity index (χ1n) is 6.63. The average Bonchev–Trinajstić information content (AvgIpc) is 2.99. The zero-order valence-corrected chi connectivity index (χ0v) is 16.0. The van der Waals surface area contributed by atoms with Crippen LogP contribution in [0.3, 0.4) is 0 Å². The van der Waals surface area contributed by atoms with Crippen LogP contribution < -0.4 is 0 Å². The lowest BCUT2D eigenvalue weighted by Gasteiger charge is -2.23. The van der Waals surface area contributed by atoms with Gasteiger partial charge in [0, 0.05) is 20.9 Å². The third-order valence-electron chi connectivity index (χ3n) is 3.42. The molecule has 1 aliphatic heterocycles. The van der Waals surface area contributed by atoms with Crippen molar-refractivity contribution in [2.75, 3.05) is 12.3 Å². The van der Waals surface area contributed by atoms with Gasteiger partial charge in [0.05, 0.1) is 10.3 Å². The maximum atomic E-state index is 12.9. The van der Waals surface area contributed by atoms with Crippen molar-refractivity contribution in [1.82, 2.24) is 4.31 Å². The minimum Gasteiger partial charge on any atom is -0.207 e. The van der Waals surface area contributed by atoms with Gasteiger partial charge in [-0.05, 0) is 64.6 Å². The van der Waals surface area contributed by atoms with E-state index < -0.39 is 10.0 Å². The summed E-state index contributed by atoms with van der Waals surface area (Å²) in [6, 6.07) is 14.3. The van der Waals surface area contributed by atoms with Gasteiger partial charge < -0.3 is 0 Å². The highest BCUT2D eigenvalue weighted by molar-refractivity contribution is 14.1. The molecule has 0 radical (unpaired) electrons. The van der Waals surface area contributed by atoms with Crippen molar-refractivity contribution in [1.29, 1.82) is 0 Å². The van der Waals surface area contributed by atoms with E-state index in [9.17, 15) is 8.42 Å². The van der Waals surface area contributed by atoms with Gasteiger partial charge in [-0.1, -0.05) is 23.7 Å². The zero-order valence-electron chi connectivity index (χ0n) is 11.4. The van der Waals surface area contributed by atoms with Crippen LogP contribution in [0.1, 0.15) is 10.9 Å². The first kappa shape index (κ1) is 16.6. The largest absolute Gasteiger partial charge is 0.244 e. The molecular weight excluding hydrogens is 453 g/mol. The molecule has 0 saturated carbocycles. The molecule has 0 amide bonds. The van der Waals surface area contributed by atoms with E-state index in [1.54, 1.807) is 40.3 Å². The Labute approximate surface area is 153 Å². The predicted octanol–water partition coefficient (Wildman–Crippen LogP) is 4.38. The third kappa shape index (κ3) is 3.31. The Morgan fingerprint density at radius 3 is 2.36 bits per heavy atom. The van der Waals surface area contributed by atoms with Crippen LogP contribution in [0.2, 0.25) is 5.02 Å². The maximum Gasteiger partial charge on any atom is 0.244 e. The van der Waals surface area contributed by atoms with Gasteiger partial charge in [0.25, 0.3) is 0 Å². The highest BCUT2D eigenvalue weighted by Gasteiger charge is 2.36. The fourth-order valence-electron chi connectivity index (χ4n) is 2.33. The van der Waals surface area contributed by atoms with Crippen LogP contribution in [0.5, 0.6) is 0 Å². The molecule has 1 atom stereocenters. The van der Waals surface area contributed by atoms with E-state index >= 15 is 0 Å². The molecule has 0 aromatic heterocycles. The Kier molecular flexibility index (Phi) is 5.04. The van der Waals surface area contributed by atoms with E-state index in [0.29, 0.717) is 16.5 Å². The lowest BCUT2D eigenvalue weighted by atomic mass is 10.2. The molecule has 0 N–H and O–H groups in total. The van der Waals surface area contributed by atoms with Crippen LogP contribution in [-0.2, 0) is 10.0 Å². The fourth-order valence-corrected chi connectivity index (χ4v) is 6.06. The number of thioether (sulfide) groups is 1. The number of hydrogen-bond acceptors (Lipinski definition) is 3. The standard InChI is InChI=1S/C15H13ClINO2S2/c16-12-3-1-11(2-4-12)15-18(9-10-21-15)22(19,20)14-7-5-13(17)6-8-14/h1-8,15H,9-10H2. The number of halogens is 2. The molecule has 116 valence electrons. The highest BCUT2D eigenvalue weighted by Crippen LogP contribution is 2.41. The van der Waals surface area contributed by atoms with Crippen LogP contribution in [0.25, 0.3) is 0 Å². The van der Waals surface area contributed by atoms with Crippen molar-refractivity contribution in [3.8, 4) is 0 Å². The molecule has 2 aromatic carbocycles. The number of hydrogen-bond donors (Lipinski definition) is 0. The smallest absolute Gasteiger partial charge is 0.207 e. The Hall–Kier alpha value is -0.280. The Balaban J connectivity index is 1.95. The first-order chi connectivity index (χ1) is 10.5. The van der Waals surface area contributed by atoms with Gasteiger partial charge >= 0.3 is 0 Å². The van der Waals surface area contributed by atoms with E-state index in [1.165, 1.54) is 0 Å². The minimum absolute atomic E-state index is 0.193. The third-order valence-corrected chi connectivity index (χ3v) is 7.67. The van der Waals surface area contributed by atoms with Crippen molar-refractivity contribution in [3.05, 3.63) is 62.7 Å². The number of benzene rings is 2. The number of nitrogens with zero attached hydrogens (tertiary/aromatic N) is 1. The van der Waals surface area contributed by atoms with Crippen molar-refractivity contribution >= 4 is 56.0 Å². The SMILES string of the molecule is O=S(=O)(c1ccc(I)cc1)N1CCSC1c1ccc(Cl)cc1.